The molecule has 0 unspecified atom stereocenters. The van der Waals surface area contributed by atoms with Crippen LogP contribution < -0.4 is 5.32 Å². The molecule has 4 aliphatic carbocycles. The molecule has 0 saturated heterocycles. The number of carbonyl (C=O) groups excluding carboxylic acids is 2. The summed E-state index contributed by atoms with van der Waals surface area (Å²) in [6.45, 7) is 0. The summed E-state index contributed by atoms with van der Waals surface area (Å²) >= 11 is 0. The van der Waals surface area contributed by atoms with E-state index in [1.165, 1.54) is 26.4 Å². The van der Waals surface area contributed by atoms with Crippen molar-refractivity contribution < 1.29 is 14.3 Å². The van der Waals surface area contributed by atoms with Crippen molar-refractivity contribution in [3.8, 4) is 0 Å². The molecule has 0 spiro atoms. The molecule has 4 saturated carbocycles. The maximum absolute atomic E-state index is 13.7. The predicted molar refractivity (Wildman–Crippen MR) is 130 cm³/mol. The van der Waals surface area contributed by atoms with Gasteiger partial charge in [0.2, 0.25) is 5.91 Å². The Morgan fingerprint density at radius 3 is 1.94 bits per heavy atom. The topological polar surface area (TPSA) is 55.4 Å². The van der Waals surface area contributed by atoms with Crippen molar-refractivity contribution in [3.05, 3.63) is 60.2 Å². The molecular formula is C29H31NO3. The van der Waals surface area contributed by atoms with Gasteiger partial charge in [-0.25, -0.2) is 4.79 Å². The number of hydrogen-bond donors (Lipinski definition) is 1. The van der Waals surface area contributed by atoms with E-state index in [1.807, 2.05) is 24.3 Å². The summed E-state index contributed by atoms with van der Waals surface area (Å²) in [5, 5.41) is 7.71. The molecule has 0 aromatic heterocycles. The summed E-state index contributed by atoms with van der Waals surface area (Å²) in [7, 11) is 1.41. The van der Waals surface area contributed by atoms with Crippen LogP contribution in [-0.4, -0.2) is 25.0 Å². The van der Waals surface area contributed by atoms with Gasteiger partial charge in [0, 0.05) is 11.8 Å². The Morgan fingerprint density at radius 1 is 0.909 bits per heavy atom. The van der Waals surface area contributed by atoms with Crippen LogP contribution in [0.2, 0.25) is 0 Å². The quantitative estimate of drug-likeness (QED) is 0.425. The molecule has 4 aliphatic rings. The number of rotatable bonds is 5. The van der Waals surface area contributed by atoms with E-state index < -0.39 is 6.04 Å². The molecule has 1 N–H and O–H groups in total. The van der Waals surface area contributed by atoms with Crippen LogP contribution in [0.5, 0.6) is 0 Å². The third kappa shape index (κ3) is 3.51. The molecule has 0 radical (unpaired) electrons. The van der Waals surface area contributed by atoms with Crippen LogP contribution in [-0.2, 0) is 20.7 Å². The first kappa shape index (κ1) is 20.7. The van der Waals surface area contributed by atoms with Crippen molar-refractivity contribution in [2.45, 2.75) is 51.0 Å². The van der Waals surface area contributed by atoms with E-state index in [2.05, 4.69) is 35.6 Å². The summed E-state index contributed by atoms with van der Waals surface area (Å²) in [6.07, 6.45) is 7.23. The third-order valence-electron chi connectivity index (χ3n) is 8.60. The molecule has 0 heterocycles. The van der Waals surface area contributed by atoms with Crippen LogP contribution in [0.3, 0.4) is 0 Å². The van der Waals surface area contributed by atoms with Gasteiger partial charge in [0.1, 0.15) is 6.04 Å². The van der Waals surface area contributed by atoms with Gasteiger partial charge < -0.3 is 10.1 Å². The van der Waals surface area contributed by atoms with Crippen LogP contribution >= 0.6 is 0 Å². The normalized spacial score (nSPS) is 28.7. The third-order valence-corrected chi connectivity index (χ3v) is 8.60. The minimum atomic E-state index is -0.690. The molecule has 0 aliphatic heterocycles. The zero-order valence-corrected chi connectivity index (χ0v) is 19.2. The largest absolute Gasteiger partial charge is 0.467 e. The molecule has 170 valence electrons. The number of nitrogens with one attached hydrogen (secondary N) is 1. The van der Waals surface area contributed by atoms with Crippen molar-refractivity contribution in [1.29, 1.82) is 0 Å². The van der Waals surface area contributed by atoms with Crippen molar-refractivity contribution >= 4 is 33.4 Å². The molecule has 1 amide bonds. The second kappa shape index (κ2) is 7.86. The highest BCUT2D eigenvalue weighted by molar-refractivity contribution is 6.03. The molecule has 1 atom stereocenters. The Labute approximate surface area is 194 Å². The van der Waals surface area contributed by atoms with E-state index in [0.717, 1.165) is 46.4 Å². The Morgan fingerprint density at radius 2 is 1.42 bits per heavy atom. The monoisotopic (exact) mass is 441 g/mol. The smallest absolute Gasteiger partial charge is 0.328 e. The van der Waals surface area contributed by atoms with Crippen molar-refractivity contribution in [1.82, 2.24) is 5.32 Å². The van der Waals surface area contributed by atoms with E-state index >= 15 is 0 Å². The molecule has 33 heavy (non-hydrogen) atoms. The maximum Gasteiger partial charge on any atom is 0.328 e. The number of benzene rings is 3. The molecule has 3 aromatic rings. The number of methoxy groups -OCH3 is 1. The van der Waals surface area contributed by atoms with Gasteiger partial charge in [0.15, 0.2) is 0 Å². The van der Waals surface area contributed by atoms with Crippen molar-refractivity contribution in [2.24, 2.45) is 23.2 Å². The first-order valence-corrected chi connectivity index (χ1v) is 12.3. The lowest BCUT2D eigenvalue weighted by molar-refractivity contribution is -0.152. The van der Waals surface area contributed by atoms with Gasteiger partial charge in [-0.15, -0.1) is 0 Å². The summed E-state index contributed by atoms with van der Waals surface area (Å²) < 4.78 is 5.17. The number of ether oxygens (including phenoxy) is 1. The number of amides is 1. The van der Waals surface area contributed by atoms with E-state index in [1.54, 1.807) is 0 Å². The van der Waals surface area contributed by atoms with E-state index in [4.69, 9.17) is 4.74 Å². The summed E-state index contributed by atoms with van der Waals surface area (Å²) in [6, 6.07) is 18.0. The molecule has 4 fully saturated rings. The number of fused-ring (bicyclic) bond motifs is 2. The molecule has 4 bridgehead atoms. The number of esters is 1. The average molecular weight is 442 g/mol. The van der Waals surface area contributed by atoms with Crippen LogP contribution in [0.4, 0.5) is 0 Å². The fourth-order valence-corrected chi connectivity index (χ4v) is 7.57. The van der Waals surface area contributed by atoms with E-state index in [-0.39, 0.29) is 17.3 Å². The minimum Gasteiger partial charge on any atom is -0.467 e. The molecule has 4 heteroatoms. The van der Waals surface area contributed by atoms with Gasteiger partial charge in [0.05, 0.1) is 7.11 Å². The SMILES string of the molecule is COC(=O)[C@@H](Cc1c2ccccc2cc2ccccc12)NC(=O)C12CC3CC(CC(C3)C1)C2. The average Bonchev–Trinajstić information content (AvgIpc) is 2.81. The van der Waals surface area contributed by atoms with Gasteiger partial charge in [-0.05, 0) is 89.5 Å². The fourth-order valence-electron chi connectivity index (χ4n) is 7.57. The summed E-state index contributed by atoms with van der Waals surface area (Å²) in [5.41, 5.74) is 0.798. The van der Waals surface area contributed by atoms with Crippen LogP contribution in [0.1, 0.15) is 44.1 Å². The summed E-state index contributed by atoms with van der Waals surface area (Å²) in [4.78, 5) is 26.6. The van der Waals surface area contributed by atoms with Gasteiger partial charge in [-0.1, -0.05) is 48.5 Å². The minimum absolute atomic E-state index is 0.0709. The highest BCUT2D eigenvalue weighted by Gasteiger charge is 2.55. The van der Waals surface area contributed by atoms with Gasteiger partial charge in [-0.3, -0.25) is 4.79 Å². The van der Waals surface area contributed by atoms with Crippen molar-refractivity contribution in [3.63, 3.8) is 0 Å². The van der Waals surface area contributed by atoms with Crippen molar-refractivity contribution in [2.75, 3.05) is 7.11 Å². The number of carbonyl (C=O) groups is 2. The summed E-state index contributed by atoms with van der Waals surface area (Å²) in [5.74, 6) is 1.74. The van der Waals surface area contributed by atoms with Crippen LogP contribution in [0.15, 0.2) is 54.6 Å². The van der Waals surface area contributed by atoms with Gasteiger partial charge in [-0.2, -0.15) is 0 Å². The Balaban J connectivity index is 1.35. The maximum atomic E-state index is 13.7. The second-order valence-corrected chi connectivity index (χ2v) is 10.7. The van der Waals surface area contributed by atoms with Gasteiger partial charge >= 0.3 is 5.97 Å². The Bertz CT molecular complexity index is 1160. The van der Waals surface area contributed by atoms with E-state index in [0.29, 0.717) is 24.2 Å². The lowest BCUT2D eigenvalue weighted by Gasteiger charge is -2.55. The lowest BCUT2D eigenvalue weighted by atomic mass is 9.49. The van der Waals surface area contributed by atoms with E-state index in [9.17, 15) is 9.59 Å². The lowest BCUT2D eigenvalue weighted by Crippen LogP contribution is -2.56. The second-order valence-electron chi connectivity index (χ2n) is 10.7. The molecule has 7 rings (SSSR count). The predicted octanol–water partition coefficient (Wildman–Crippen LogP) is 5.41. The van der Waals surface area contributed by atoms with Crippen LogP contribution in [0, 0.1) is 23.2 Å². The Hall–Kier alpha value is -2.88. The van der Waals surface area contributed by atoms with Crippen LogP contribution in [0.25, 0.3) is 21.5 Å². The van der Waals surface area contributed by atoms with Gasteiger partial charge in [0.25, 0.3) is 0 Å². The fraction of sp³-hybridized carbons (Fsp3) is 0.448. The molecule has 4 nitrogen and oxygen atoms in total. The number of hydrogen-bond acceptors (Lipinski definition) is 3. The first-order chi connectivity index (χ1) is 16.0. The highest BCUT2D eigenvalue weighted by Crippen LogP contribution is 2.60. The molecular weight excluding hydrogens is 410 g/mol. The zero-order chi connectivity index (χ0) is 22.6. The zero-order valence-electron chi connectivity index (χ0n) is 19.2. The Kier molecular flexibility index (Phi) is 4.93. The first-order valence-electron chi connectivity index (χ1n) is 12.3. The highest BCUT2D eigenvalue weighted by atomic mass is 16.5. The molecule has 3 aromatic carbocycles. The standard InChI is InChI=1S/C29H31NO3/c1-33-27(31)26(30-28(32)29-15-18-10-19(16-29)12-20(11-18)17-29)14-25-23-8-4-2-6-21(23)13-22-7-3-5-9-24(22)25/h2-9,13,18-20,26H,10-12,14-17H2,1H3,(H,30,32)/t18?,19?,20?,26-,29?/m1/s1.